The van der Waals surface area contributed by atoms with Crippen LogP contribution < -0.4 is 14.8 Å². The Morgan fingerprint density at radius 1 is 1.48 bits per heavy atom. The minimum Gasteiger partial charge on any atom is -0.481 e. The first-order valence-electron chi connectivity index (χ1n) is 8.48. The lowest BCUT2D eigenvalue weighted by atomic mass is 10.2. The van der Waals surface area contributed by atoms with E-state index in [0.717, 1.165) is 11.3 Å². The van der Waals surface area contributed by atoms with Crippen LogP contribution in [0.25, 0.3) is 0 Å². The predicted octanol–water partition coefficient (Wildman–Crippen LogP) is 1.94. The Hall–Kier alpha value is -2.26. The number of hydrogen-bond donors (Lipinski definition) is 1. The van der Waals surface area contributed by atoms with Crippen molar-refractivity contribution in [2.75, 3.05) is 19.0 Å². The zero-order chi connectivity index (χ0) is 18.7. The van der Waals surface area contributed by atoms with Crippen molar-refractivity contribution in [2.24, 2.45) is 0 Å². The van der Waals surface area contributed by atoms with Crippen molar-refractivity contribution in [3.8, 4) is 11.8 Å². The molecule has 1 aliphatic heterocycles. The summed E-state index contributed by atoms with van der Waals surface area (Å²) in [5.74, 6) is 0.741. The zero-order valence-electron chi connectivity index (χ0n) is 15.3. The van der Waals surface area contributed by atoms with Gasteiger partial charge in [-0.25, -0.2) is 15.0 Å². The van der Waals surface area contributed by atoms with Gasteiger partial charge in [0, 0.05) is 44.9 Å². The molecule has 1 N–H and O–H groups in total. The summed E-state index contributed by atoms with van der Waals surface area (Å²) in [6, 6.07) is 1.83. The highest BCUT2D eigenvalue weighted by Gasteiger charge is 2.31. The highest BCUT2D eigenvalue weighted by molar-refractivity contribution is 7.15. The van der Waals surface area contributed by atoms with Crippen molar-refractivity contribution in [2.45, 2.75) is 38.9 Å². The maximum absolute atomic E-state index is 11.1. The first kappa shape index (κ1) is 16.2. The maximum Gasteiger partial charge on any atom is 0.223 e. The van der Waals surface area contributed by atoms with Gasteiger partial charge >= 0.3 is 0 Å². The lowest BCUT2D eigenvalue weighted by Gasteiger charge is -2.19. The lowest BCUT2D eigenvalue weighted by Crippen LogP contribution is -2.27. The van der Waals surface area contributed by atoms with Gasteiger partial charge in [0.1, 0.15) is 12.4 Å². The Labute approximate surface area is 151 Å². The molecule has 1 unspecified atom stereocenters. The molecule has 8 nitrogen and oxygen atoms in total. The number of nitrogens with zero attached hydrogens (tertiary/aromatic N) is 4. The second kappa shape index (κ2) is 7.75. The summed E-state index contributed by atoms with van der Waals surface area (Å²) in [5.41, 5.74) is 0. The van der Waals surface area contributed by atoms with Crippen LogP contribution >= 0.6 is 11.3 Å². The van der Waals surface area contributed by atoms with E-state index in [1.165, 1.54) is 24.6 Å². The number of carbonyl (C=O) groups is 1. The highest BCUT2D eigenvalue weighted by atomic mass is 32.1. The number of carbonyl (C=O) groups excluding carboxylic acids is 1. The van der Waals surface area contributed by atoms with Crippen LogP contribution in [0.1, 0.15) is 26.5 Å². The van der Waals surface area contributed by atoms with E-state index in [2.05, 4.69) is 27.2 Å². The van der Waals surface area contributed by atoms with E-state index in [9.17, 15) is 4.79 Å². The van der Waals surface area contributed by atoms with Crippen LogP contribution in [0.15, 0.2) is 18.6 Å². The molecule has 3 atom stereocenters. The molecule has 0 aliphatic carbocycles. The average Bonchev–Trinajstić information content (AvgIpc) is 3.20. The molecule has 0 saturated carbocycles. The second-order valence-electron chi connectivity index (χ2n) is 5.80. The third-order valence-corrected chi connectivity index (χ3v) is 4.65. The van der Waals surface area contributed by atoms with Crippen LogP contribution in [-0.2, 0) is 11.3 Å². The first-order valence-corrected chi connectivity index (χ1v) is 8.72. The molecule has 1 amide bonds. The van der Waals surface area contributed by atoms with Crippen LogP contribution in [0.5, 0.6) is 11.8 Å². The number of nitrogens with one attached hydrogen (secondary N) is 1. The van der Waals surface area contributed by atoms with Crippen molar-refractivity contribution < 1.29 is 15.6 Å². The zero-order valence-corrected chi connectivity index (χ0v) is 15.1. The van der Waals surface area contributed by atoms with Gasteiger partial charge < -0.3 is 14.8 Å². The molecule has 1 fully saturated rings. The molecule has 0 bridgehead atoms. The highest BCUT2D eigenvalue weighted by Crippen LogP contribution is 2.27. The smallest absolute Gasteiger partial charge is 0.223 e. The van der Waals surface area contributed by atoms with Crippen LogP contribution in [0.4, 0.5) is 5.13 Å². The van der Waals surface area contributed by atoms with Gasteiger partial charge in [-0.15, -0.1) is 11.3 Å². The number of likely N-dealkylation sites (tertiary alicyclic amines) is 1. The van der Waals surface area contributed by atoms with Gasteiger partial charge in [-0.2, -0.15) is 0 Å². The standard InChI is InChI=1S/C16H21N5O3S/c1-10-4-12(24-15-5-14(23-3)18-9-19-15)7-21(10)8-13-6-17-16(25-13)20-11(2)22/h5-6,9-10,12H,4,7-8H2,1-3H3,(H,17,20,22)/t10-,12+/m0/s1/i8D/t8?,10-,12+. The fourth-order valence-corrected chi connectivity index (χ4v) is 3.48. The molecule has 1 aliphatic rings. The van der Waals surface area contributed by atoms with Gasteiger partial charge in [0.25, 0.3) is 0 Å². The number of amides is 1. The van der Waals surface area contributed by atoms with Crippen LogP contribution in [0, 0.1) is 0 Å². The van der Waals surface area contributed by atoms with E-state index in [-0.39, 0.29) is 18.1 Å². The van der Waals surface area contributed by atoms with Crippen LogP contribution in [0.3, 0.4) is 0 Å². The van der Waals surface area contributed by atoms with E-state index in [4.69, 9.17) is 10.8 Å². The maximum atomic E-state index is 11.1. The van der Waals surface area contributed by atoms with Crippen molar-refractivity contribution in [3.63, 3.8) is 0 Å². The van der Waals surface area contributed by atoms with E-state index >= 15 is 0 Å². The van der Waals surface area contributed by atoms with E-state index < -0.39 is 6.52 Å². The van der Waals surface area contributed by atoms with E-state index in [1.807, 2.05) is 4.90 Å². The summed E-state index contributed by atoms with van der Waals surface area (Å²) in [7, 11) is 1.54. The fourth-order valence-electron chi connectivity index (χ4n) is 2.66. The molecular formula is C16H21N5O3S. The molecule has 2 aromatic rings. The second-order valence-corrected chi connectivity index (χ2v) is 6.86. The minimum absolute atomic E-state index is 0.0693. The lowest BCUT2D eigenvalue weighted by molar-refractivity contribution is -0.114. The molecular weight excluding hydrogens is 342 g/mol. The molecule has 9 heteroatoms. The van der Waals surface area contributed by atoms with Gasteiger partial charge in [0.15, 0.2) is 5.13 Å². The number of ether oxygens (including phenoxy) is 2. The molecule has 3 rings (SSSR count). The fraction of sp³-hybridized carbons (Fsp3) is 0.500. The summed E-state index contributed by atoms with van der Waals surface area (Å²) in [5, 5.41) is 3.16. The molecule has 1 saturated heterocycles. The summed E-state index contributed by atoms with van der Waals surface area (Å²) in [4.78, 5) is 26.2. The molecule has 134 valence electrons. The molecule has 0 aromatic carbocycles. The summed E-state index contributed by atoms with van der Waals surface area (Å²) < 4.78 is 19.6. The van der Waals surface area contributed by atoms with Gasteiger partial charge in [-0.05, 0) is 6.92 Å². The number of rotatable bonds is 6. The van der Waals surface area contributed by atoms with Gasteiger partial charge in [-0.1, -0.05) is 0 Å². The first-order chi connectivity index (χ1) is 12.5. The number of anilines is 1. The summed E-state index contributed by atoms with van der Waals surface area (Å²) in [6.07, 6.45) is 3.77. The molecule has 25 heavy (non-hydrogen) atoms. The number of hydrogen-bond acceptors (Lipinski definition) is 8. The Bertz CT molecular complexity index is 774. The normalized spacial score (nSPS) is 22.3. The SMILES string of the molecule is [2H]C(c1cnc(NC(C)=O)s1)N1C[C@H](Oc2cc(OC)ncn2)C[C@@H]1C. The monoisotopic (exact) mass is 364 g/mol. The summed E-state index contributed by atoms with van der Waals surface area (Å²) in [6.45, 7) is 3.56. The van der Waals surface area contributed by atoms with Gasteiger partial charge in [0.05, 0.1) is 13.2 Å². The summed E-state index contributed by atoms with van der Waals surface area (Å²) >= 11 is 1.32. The topological polar surface area (TPSA) is 89.5 Å². The Morgan fingerprint density at radius 3 is 3.04 bits per heavy atom. The van der Waals surface area contributed by atoms with Crippen LogP contribution in [0.2, 0.25) is 0 Å². The quantitative estimate of drug-likeness (QED) is 0.838. The largest absolute Gasteiger partial charge is 0.481 e. The van der Waals surface area contributed by atoms with Gasteiger partial charge in [-0.3, -0.25) is 9.69 Å². The molecule has 2 aromatic heterocycles. The van der Waals surface area contributed by atoms with Gasteiger partial charge in [0.2, 0.25) is 17.7 Å². The number of thiazole rings is 1. The Balaban J connectivity index is 1.64. The molecule has 3 heterocycles. The van der Waals surface area contributed by atoms with Crippen molar-refractivity contribution in [1.29, 1.82) is 0 Å². The number of methoxy groups -OCH3 is 1. The third kappa shape index (κ3) is 4.64. The van der Waals surface area contributed by atoms with Crippen molar-refractivity contribution >= 4 is 22.4 Å². The van der Waals surface area contributed by atoms with Crippen molar-refractivity contribution in [1.82, 2.24) is 19.9 Å². The Kier molecular flexibility index (Phi) is 5.03. The average molecular weight is 364 g/mol. The third-order valence-electron chi connectivity index (χ3n) is 3.80. The minimum atomic E-state index is -0.557. The Morgan fingerprint density at radius 2 is 2.28 bits per heavy atom. The van der Waals surface area contributed by atoms with Crippen molar-refractivity contribution in [3.05, 3.63) is 23.5 Å². The molecule has 0 radical (unpaired) electrons. The van der Waals surface area contributed by atoms with Crippen LogP contribution in [-0.4, -0.2) is 51.6 Å². The van der Waals surface area contributed by atoms with E-state index in [0.29, 0.717) is 23.4 Å². The predicted molar refractivity (Wildman–Crippen MR) is 93.9 cm³/mol. The number of aromatic nitrogens is 3. The molecule has 0 spiro atoms. The van der Waals surface area contributed by atoms with E-state index in [1.54, 1.807) is 19.4 Å².